The minimum atomic E-state index is -0.306. The number of nitrogens with zero attached hydrogens (tertiary/aromatic N) is 2. The lowest BCUT2D eigenvalue weighted by Gasteiger charge is -2.15. The molecule has 1 fully saturated rings. The average Bonchev–Trinajstić information content (AvgIpc) is 3.20. The van der Waals surface area contributed by atoms with Crippen LogP contribution in [0.2, 0.25) is 15.1 Å². The number of amidine groups is 1. The van der Waals surface area contributed by atoms with Crippen LogP contribution < -0.4 is 14.8 Å². The van der Waals surface area contributed by atoms with Gasteiger partial charge in [0.05, 0.1) is 43.9 Å². The number of nitrogens with one attached hydrogen (secondary N) is 1. The van der Waals surface area contributed by atoms with Gasteiger partial charge in [-0.15, -0.1) is 0 Å². The Kier molecular flexibility index (Phi) is 8.44. The molecule has 0 unspecified atom stereocenters. The Balaban J connectivity index is 1.58. The molecule has 0 saturated carbocycles. The molecule has 3 aromatic carbocycles. The quantitative estimate of drug-likeness (QED) is 0.306. The van der Waals surface area contributed by atoms with Gasteiger partial charge in [0.1, 0.15) is 6.61 Å². The number of hydrogen-bond acceptors (Lipinski definition) is 6. The summed E-state index contributed by atoms with van der Waals surface area (Å²) >= 11 is 20.0. The molecule has 6 nitrogen and oxygen atoms in total. The van der Waals surface area contributed by atoms with Gasteiger partial charge in [0.2, 0.25) is 0 Å². The van der Waals surface area contributed by atoms with Crippen LogP contribution >= 0.6 is 46.6 Å². The number of ether oxygens (including phenoxy) is 2. The summed E-state index contributed by atoms with van der Waals surface area (Å²) in [4.78, 5) is 17.4. The highest BCUT2D eigenvalue weighted by Crippen LogP contribution is 2.39. The molecular formula is C26H18Cl3N3O3S. The second kappa shape index (κ2) is 11.7. The Morgan fingerprint density at radius 2 is 1.89 bits per heavy atom. The Labute approximate surface area is 227 Å². The summed E-state index contributed by atoms with van der Waals surface area (Å²) in [7, 11) is 0. The molecule has 0 atom stereocenters. The Hall–Kier alpha value is -3.15. The largest absolute Gasteiger partial charge is 0.490 e. The molecule has 0 aliphatic carbocycles. The van der Waals surface area contributed by atoms with Gasteiger partial charge < -0.3 is 14.8 Å². The SMILES string of the molecule is CCOc1cc(/C=C2/SC(=Nc3cccc(Cl)c3Cl)NC2=O)cc(Cl)c1OCc1ccccc1C#N. The fourth-order valence-corrected chi connectivity index (χ4v) is 4.75. The molecule has 1 N–H and O–H groups in total. The van der Waals surface area contributed by atoms with Crippen LogP contribution in [0.15, 0.2) is 64.5 Å². The van der Waals surface area contributed by atoms with Gasteiger partial charge in [0.15, 0.2) is 16.7 Å². The van der Waals surface area contributed by atoms with Gasteiger partial charge in [-0.3, -0.25) is 4.79 Å². The molecule has 0 aromatic heterocycles. The highest BCUT2D eigenvalue weighted by molar-refractivity contribution is 8.18. The van der Waals surface area contributed by atoms with Gasteiger partial charge in [0, 0.05) is 5.56 Å². The maximum Gasteiger partial charge on any atom is 0.264 e. The van der Waals surface area contributed by atoms with Crippen LogP contribution in [0.1, 0.15) is 23.6 Å². The van der Waals surface area contributed by atoms with Crippen molar-refractivity contribution in [2.24, 2.45) is 4.99 Å². The molecule has 10 heteroatoms. The zero-order valence-electron chi connectivity index (χ0n) is 18.8. The molecule has 0 spiro atoms. The highest BCUT2D eigenvalue weighted by atomic mass is 35.5. The third-order valence-corrected chi connectivity index (χ3v) is 6.94. The third-order valence-electron chi connectivity index (χ3n) is 4.94. The zero-order chi connectivity index (χ0) is 25.7. The van der Waals surface area contributed by atoms with Gasteiger partial charge in [-0.05, 0) is 60.7 Å². The molecule has 1 aliphatic heterocycles. The van der Waals surface area contributed by atoms with E-state index in [9.17, 15) is 10.1 Å². The van der Waals surface area contributed by atoms with E-state index in [1.54, 1.807) is 48.5 Å². The first-order chi connectivity index (χ1) is 17.4. The molecular weight excluding hydrogens is 541 g/mol. The first-order valence-corrected chi connectivity index (χ1v) is 12.7. The lowest BCUT2D eigenvalue weighted by Crippen LogP contribution is -2.19. The van der Waals surface area contributed by atoms with Crippen molar-refractivity contribution in [3.8, 4) is 17.6 Å². The van der Waals surface area contributed by atoms with E-state index < -0.39 is 0 Å². The number of benzene rings is 3. The van der Waals surface area contributed by atoms with Crippen LogP contribution in [-0.4, -0.2) is 17.7 Å². The minimum absolute atomic E-state index is 0.147. The van der Waals surface area contributed by atoms with Crippen LogP contribution in [0.25, 0.3) is 6.08 Å². The summed E-state index contributed by atoms with van der Waals surface area (Å²) in [6.45, 7) is 2.37. The van der Waals surface area contributed by atoms with E-state index >= 15 is 0 Å². The van der Waals surface area contributed by atoms with Crippen LogP contribution in [0.5, 0.6) is 11.5 Å². The van der Waals surface area contributed by atoms with E-state index in [4.69, 9.17) is 44.3 Å². The predicted octanol–water partition coefficient (Wildman–Crippen LogP) is 7.39. The summed E-state index contributed by atoms with van der Waals surface area (Å²) in [6, 6.07) is 17.8. The van der Waals surface area contributed by atoms with Crippen molar-refractivity contribution in [1.82, 2.24) is 5.32 Å². The summed E-state index contributed by atoms with van der Waals surface area (Å²) in [6.07, 6.45) is 1.69. The number of amides is 1. The summed E-state index contributed by atoms with van der Waals surface area (Å²) in [5.41, 5.74) is 2.35. The van der Waals surface area contributed by atoms with Crippen molar-refractivity contribution in [1.29, 1.82) is 5.26 Å². The van der Waals surface area contributed by atoms with E-state index in [-0.39, 0.29) is 12.5 Å². The van der Waals surface area contributed by atoms with Crippen molar-refractivity contribution in [2.75, 3.05) is 6.61 Å². The van der Waals surface area contributed by atoms with Gasteiger partial charge in [-0.2, -0.15) is 5.26 Å². The highest BCUT2D eigenvalue weighted by Gasteiger charge is 2.25. The molecule has 1 saturated heterocycles. The first kappa shape index (κ1) is 25.9. The van der Waals surface area contributed by atoms with Crippen LogP contribution in [0.3, 0.4) is 0 Å². The van der Waals surface area contributed by atoms with Crippen molar-refractivity contribution in [2.45, 2.75) is 13.5 Å². The maximum absolute atomic E-state index is 12.6. The lowest BCUT2D eigenvalue weighted by molar-refractivity contribution is -0.115. The number of aliphatic imine (C=N–C) groups is 1. The zero-order valence-corrected chi connectivity index (χ0v) is 21.9. The van der Waals surface area contributed by atoms with Gasteiger partial charge in [-0.1, -0.05) is 59.1 Å². The topological polar surface area (TPSA) is 83.7 Å². The Morgan fingerprint density at radius 3 is 2.67 bits per heavy atom. The number of rotatable bonds is 7. The molecule has 1 aliphatic rings. The van der Waals surface area contributed by atoms with Crippen molar-refractivity contribution in [3.05, 3.63) is 91.3 Å². The fraction of sp³-hybridized carbons (Fsp3) is 0.115. The van der Waals surface area contributed by atoms with E-state index in [1.807, 2.05) is 19.1 Å². The van der Waals surface area contributed by atoms with Crippen molar-refractivity contribution in [3.63, 3.8) is 0 Å². The minimum Gasteiger partial charge on any atom is -0.490 e. The second-order valence-corrected chi connectivity index (χ2v) is 9.60. The summed E-state index contributed by atoms with van der Waals surface area (Å²) in [5, 5.41) is 13.4. The van der Waals surface area contributed by atoms with Crippen molar-refractivity contribution < 1.29 is 14.3 Å². The molecule has 4 rings (SSSR count). The molecule has 3 aromatic rings. The Morgan fingerprint density at radius 1 is 1.08 bits per heavy atom. The number of thioether (sulfide) groups is 1. The Bertz CT molecular complexity index is 1430. The molecule has 0 bridgehead atoms. The van der Waals surface area contributed by atoms with Crippen molar-refractivity contribution >= 4 is 69.4 Å². The number of halogens is 3. The van der Waals surface area contributed by atoms with E-state index in [1.165, 1.54) is 11.8 Å². The number of hydrogen-bond donors (Lipinski definition) is 1. The fourth-order valence-electron chi connectivity index (χ4n) is 3.30. The number of carbonyl (C=O) groups excluding carboxylic acids is 1. The second-order valence-electron chi connectivity index (χ2n) is 7.38. The smallest absolute Gasteiger partial charge is 0.264 e. The van der Waals surface area contributed by atoms with Crippen LogP contribution in [0.4, 0.5) is 5.69 Å². The standard InChI is InChI=1S/C26H18Cl3N3O3S/c1-2-34-21-11-15(10-19(28)24(21)35-14-17-7-4-3-6-16(17)13-30)12-22-25(33)32-26(36-22)31-20-9-5-8-18(27)23(20)29/h3-12H,2,14H2,1H3,(H,31,32,33)/b22-12+. The average molecular weight is 559 g/mol. The molecule has 36 heavy (non-hydrogen) atoms. The van der Waals surface area contributed by atoms with E-state index in [0.29, 0.717) is 60.1 Å². The number of carbonyl (C=O) groups is 1. The predicted molar refractivity (Wildman–Crippen MR) is 145 cm³/mol. The normalized spacial score (nSPS) is 15.1. The third kappa shape index (κ3) is 5.97. The summed E-state index contributed by atoms with van der Waals surface area (Å²) < 4.78 is 11.7. The monoisotopic (exact) mass is 557 g/mol. The first-order valence-electron chi connectivity index (χ1n) is 10.7. The van der Waals surface area contributed by atoms with Gasteiger partial charge in [0.25, 0.3) is 5.91 Å². The maximum atomic E-state index is 12.6. The van der Waals surface area contributed by atoms with Gasteiger partial charge >= 0.3 is 0 Å². The van der Waals surface area contributed by atoms with Crippen LogP contribution in [0, 0.1) is 11.3 Å². The van der Waals surface area contributed by atoms with E-state index in [2.05, 4.69) is 16.4 Å². The molecule has 1 heterocycles. The molecule has 0 radical (unpaired) electrons. The molecule has 182 valence electrons. The molecule has 1 amide bonds. The summed E-state index contributed by atoms with van der Waals surface area (Å²) in [5.74, 6) is 0.475. The van der Waals surface area contributed by atoms with Gasteiger partial charge in [-0.25, -0.2) is 4.99 Å². The van der Waals surface area contributed by atoms with Crippen LogP contribution in [-0.2, 0) is 11.4 Å². The number of nitriles is 1. The van der Waals surface area contributed by atoms with E-state index in [0.717, 1.165) is 5.56 Å². The lowest BCUT2D eigenvalue weighted by atomic mass is 10.1.